The van der Waals surface area contributed by atoms with Gasteiger partial charge in [-0.2, -0.15) is 0 Å². The lowest BCUT2D eigenvalue weighted by atomic mass is 10.0. The Bertz CT molecular complexity index is 702. The molecule has 0 aliphatic heterocycles. The number of benzene rings is 2. The Hall–Kier alpha value is -1.87. The summed E-state index contributed by atoms with van der Waals surface area (Å²) in [4.78, 5) is 12.0. The van der Waals surface area contributed by atoms with Gasteiger partial charge in [-0.15, -0.1) is 0 Å². The molecular weight excluding hydrogens is 350 g/mol. The summed E-state index contributed by atoms with van der Waals surface area (Å²) >= 11 is 3.50. The number of carbonyl (C=O) groups excluding carboxylic acids is 1. The second-order valence-corrected chi connectivity index (χ2v) is 6.67. The highest BCUT2D eigenvalue weighted by Gasteiger charge is 2.04. The van der Waals surface area contributed by atoms with E-state index in [-0.39, 0.29) is 5.91 Å². The average molecular weight is 372 g/mol. The smallest absolute Gasteiger partial charge is 0.248 e. The van der Waals surface area contributed by atoms with Crippen molar-refractivity contribution in [3.05, 3.63) is 69.7 Å². The van der Waals surface area contributed by atoms with Crippen LogP contribution >= 0.6 is 15.9 Å². The van der Waals surface area contributed by atoms with Crippen molar-refractivity contribution in [3.63, 3.8) is 0 Å². The highest BCUT2D eigenvalue weighted by molar-refractivity contribution is 9.10. The predicted molar refractivity (Wildman–Crippen MR) is 102 cm³/mol. The van der Waals surface area contributed by atoms with Crippen molar-refractivity contribution in [2.24, 2.45) is 0 Å². The van der Waals surface area contributed by atoms with Gasteiger partial charge >= 0.3 is 0 Å². The standard InChI is InChI=1S/C20H22BrNO/c1-4-15-7-11-19(18(21)13-15)22-20(23)12-8-16-5-9-17(10-6-16)14(2)3/h5-14H,4H2,1-3H3,(H,22,23)/b12-8+. The van der Waals surface area contributed by atoms with E-state index >= 15 is 0 Å². The Morgan fingerprint density at radius 3 is 2.43 bits per heavy atom. The number of anilines is 1. The normalized spacial score (nSPS) is 11.2. The number of hydrogen-bond donors (Lipinski definition) is 1. The number of rotatable bonds is 5. The van der Waals surface area contributed by atoms with Crippen LogP contribution in [0.5, 0.6) is 0 Å². The maximum Gasteiger partial charge on any atom is 0.248 e. The van der Waals surface area contributed by atoms with E-state index in [9.17, 15) is 4.79 Å². The van der Waals surface area contributed by atoms with Crippen molar-refractivity contribution in [2.75, 3.05) is 5.32 Å². The summed E-state index contributed by atoms with van der Waals surface area (Å²) in [6, 6.07) is 14.2. The first-order valence-electron chi connectivity index (χ1n) is 7.87. The van der Waals surface area contributed by atoms with E-state index in [1.54, 1.807) is 6.08 Å². The lowest BCUT2D eigenvalue weighted by Gasteiger charge is -2.07. The molecule has 1 amide bonds. The van der Waals surface area contributed by atoms with Gasteiger partial charge in [0.05, 0.1) is 5.69 Å². The monoisotopic (exact) mass is 371 g/mol. The van der Waals surface area contributed by atoms with Gasteiger partial charge in [0.25, 0.3) is 0 Å². The number of hydrogen-bond acceptors (Lipinski definition) is 1. The number of carbonyl (C=O) groups is 1. The molecule has 0 unspecified atom stereocenters. The molecule has 2 aromatic rings. The third-order valence-corrected chi connectivity index (χ3v) is 4.39. The minimum absolute atomic E-state index is 0.136. The van der Waals surface area contributed by atoms with Gasteiger partial charge in [-0.05, 0) is 63.2 Å². The summed E-state index contributed by atoms with van der Waals surface area (Å²) in [5.74, 6) is 0.377. The molecule has 2 nitrogen and oxygen atoms in total. The second-order valence-electron chi connectivity index (χ2n) is 5.81. The molecule has 0 bridgehead atoms. The van der Waals surface area contributed by atoms with Gasteiger partial charge in [-0.3, -0.25) is 4.79 Å². The molecule has 120 valence electrons. The Morgan fingerprint density at radius 2 is 1.87 bits per heavy atom. The first-order valence-corrected chi connectivity index (χ1v) is 8.66. The molecule has 0 aliphatic rings. The van der Waals surface area contributed by atoms with Crippen LogP contribution in [0, 0.1) is 0 Å². The molecule has 0 saturated heterocycles. The summed E-state index contributed by atoms with van der Waals surface area (Å²) in [6.07, 6.45) is 4.36. The second kappa shape index (κ2) is 8.11. The zero-order valence-corrected chi connectivity index (χ0v) is 15.4. The molecular formula is C20H22BrNO. The summed E-state index contributed by atoms with van der Waals surface area (Å²) in [5.41, 5.74) is 4.33. The van der Waals surface area contributed by atoms with Crippen molar-refractivity contribution in [3.8, 4) is 0 Å². The van der Waals surface area contributed by atoms with Gasteiger partial charge in [0, 0.05) is 10.5 Å². The van der Waals surface area contributed by atoms with E-state index in [0.29, 0.717) is 5.92 Å². The van der Waals surface area contributed by atoms with E-state index in [1.165, 1.54) is 11.1 Å². The minimum atomic E-state index is -0.136. The number of nitrogens with one attached hydrogen (secondary N) is 1. The molecule has 0 heterocycles. The van der Waals surface area contributed by atoms with E-state index in [2.05, 4.69) is 54.2 Å². The fraction of sp³-hybridized carbons (Fsp3) is 0.250. The highest BCUT2D eigenvalue weighted by Crippen LogP contribution is 2.24. The summed E-state index contributed by atoms with van der Waals surface area (Å²) in [7, 11) is 0. The zero-order valence-electron chi connectivity index (χ0n) is 13.8. The maximum atomic E-state index is 12.0. The van der Waals surface area contributed by atoms with Crippen LogP contribution in [-0.2, 0) is 11.2 Å². The van der Waals surface area contributed by atoms with Gasteiger partial charge in [0.2, 0.25) is 5.91 Å². The van der Waals surface area contributed by atoms with Crippen LogP contribution in [0.4, 0.5) is 5.69 Å². The van der Waals surface area contributed by atoms with Crippen LogP contribution in [0.1, 0.15) is 43.4 Å². The van der Waals surface area contributed by atoms with E-state index < -0.39 is 0 Å². The molecule has 0 spiro atoms. The van der Waals surface area contributed by atoms with Gasteiger partial charge in [0.15, 0.2) is 0 Å². The Balaban J connectivity index is 2.01. The quantitative estimate of drug-likeness (QED) is 0.662. The summed E-state index contributed by atoms with van der Waals surface area (Å²) < 4.78 is 0.903. The SMILES string of the molecule is CCc1ccc(NC(=O)/C=C/c2ccc(C(C)C)cc2)c(Br)c1. The van der Waals surface area contributed by atoms with Crippen LogP contribution in [0.2, 0.25) is 0 Å². The highest BCUT2D eigenvalue weighted by atomic mass is 79.9. The van der Waals surface area contributed by atoms with Crippen molar-refractivity contribution < 1.29 is 4.79 Å². The Labute approximate surface area is 146 Å². The third kappa shape index (κ3) is 5.07. The lowest BCUT2D eigenvalue weighted by molar-refractivity contribution is -0.111. The van der Waals surface area contributed by atoms with Gasteiger partial charge in [0.1, 0.15) is 0 Å². The molecule has 3 heteroatoms. The fourth-order valence-corrected chi connectivity index (χ4v) is 2.74. The largest absolute Gasteiger partial charge is 0.321 e. The predicted octanol–water partition coefficient (Wildman–Crippen LogP) is 5.79. The van der Waals surface area contributed by atoms with Gasteiger partial charge < -0.3 is 5.32 Å². The molecule has 0 saturated carbocycles. The zero-order chi connectivity index (χ0) is 16.8. The van der Waals surface area contributed by atoms with Gasteiger partial charge in [-0.1, -0.05) is 51.1 Å². The number of halogens is 1. The minimum Gasteiger partial charge on any atom is -0.321 e. The first-order chi connectivity index (χ1) is 11.0. The summed E-state index contributed by atoms with van der Waals surface area (Å²) in [5, 5.41) is 2.89. The molecule has 1 N–H and O–H groups in total. The summed E-state index contributed by atoms with van der Waals surface area (Å²) in [6.45, 7) is 6.44. The maximum absolute atomic E-state index is 12.0. The van der Waals surface area contributed by atoms with E-state index in [4.69, 9.17) is 0 Å². The molecule has 0 aromatic heterocycles. The number of amides is 1. The van der Waals surface area contributed by atoms with Crippen molar-refractivity contribution in [1.29, 1.82) is 0 Å². The fourth-order valence-electron chi connectivity index (χ4n) is 2.22. The van der Waals surface area contributed by atoms with Crippen molar-refractivity contribution >= 4 is 33.6 Å². The van der Waals surface area contributed by atoms with Crippen molar-refractivity contribution in [2.45, 2.75) is 33.1 Å². The Kier molecular flexibility index (Phi) is 6.17. The van der Waals surface area contributed by atoms with Crippen LogP contribution in [0.15, 0.2) is 53.0 Å². The Morgan fingerprint density at radius 1 is 1.17 bits per heavy atom. The van der Waals surface area contributed by atoms with Gasteiger partial charge in [-0.25, -0.2) is 0 Å². The molecule has 2 aromatic carbocycles. The molecule has 2 rings (SSSR count). The topological polar surface area (TPSA) is 29.1 Å². The van der Waals surface area contributed by atoms with Crippen molar-refractivity contribution in [1.82, 2.24) is 0 Å². The van der Waals surface area contributed by atoms with Crippen LogP contribution in [0.25, 0.3) is 6.08 Å². The molecule has 0 fully saturated rings. The molecule has 0 radical (unpaired) electrons. The van der Waals surface area contributed by atoms with Crippen LogP contribution < -0.4 is 5.32 Å². The number of aryl methyl sites for hydroxylation is 1. The molecule has 0 atom stereocenters. The third-order valence-electron chi connectivity index (χ3n) is 3.73. The first kappa shape index (κ1) is 17.5. The lowest BCUT2D eigenvalue weighted by Crippen LogP contribution is -2.08. The van der Waals surface area contributed by atoms with Crippen LogP contribution in [0.3, 0.4) is 0 Å². The average Bonchev–Trinajstić information content (AvgIpc) is 2.55. The van der Waals surface area contributed by atoms with E-state index in [0.717, 1.165) is 22.1 Å². The van der Waals surface area contributed by atoms with E-state index in [1.807, 2.05) is 36.4 Å². The molecule has 23 heavy (non-hydrogen) atoms. The van der Waals surface area contributed by atoms with Crippen LogP contribution in [-0.4, -0.2) is 5.91 Å². The molecule has 0 aliphatic carbocycles.